The van der Waals surface area contributed by atoms with Gasteiger partial charge in [0.15, 0.2) is 0 Å². The van der Waals surface area contributed by atoms with Crippen molar-refractivity contribution in [2.75, 3.05) is 0 Å². The summed E-state index contributed by atoms with van der Waals surface area (Å²) in [7, 11) is 0. The molecule has 0 aromatic carbocycles. The molecule has 0 saturated heterocycles. The Balaban J connectivity index is 2.85. The van der Waals surface area contributed by atoms with Crippen molar-refractivity contribution in [3.63, 3.8) is 0 Å². The quantitative estimate of drug-likeness (QED) is 0.807. The Morgan fingerprint density at radius 2 is 2.12 bits per heavy atom. The monoisotopic (exact) mass is 229 g/mol. The van der Waals surface area contributed by atoms with Gasteiger partial charge in [-0.3, -0.25) is 4.79 Å². The highest BCUT2D eigenvalue weighted by atomic mass is 19.4. The Morgan fingerprint density at radius 3 is 2.69 bits per heavy atom. The first kappa shape index (κ1) is 10.5. The van der Waals surface area contributed by atoms with Gasteiger partial charge in [-0.15, -0.1) is 13.2 Å². The maximum atomic E-state index is 12.7. The molecule has 84 valence electrons. The van der Waals surface area contributed by atoms with Gasteiger partial charge in [0.2, 0.25) is 0 Å². The fourth-order valence-corrected chi connectivity index (χ4v) is 1.47. The third-order valence-electron chi connectivity index (χ3n) is 2.07. The zero-order valence-electron chi connectivity index (χ0n) is 7.82. The van der Waals surface area contributed by atoms with E-state index in [0.717, 1.165) is 6.07 Å². The van der Waals surface area contributed by atoms with Crippen molar-refractivity contribution >= 4 is 16.9 Å². The summed E-state index contributed by atoms with van der Waals surface area (Å²) in [6.07, 6.45) is -3.50. The average Bonchev–Trinajstić information content (AvgIpc) is 2.55. The highest BCUT2D eigenvalue weighted by Crippen LogP contribution is 2.30. The molecule has 4 nitrogen and oxygen atoms in total. The van der Waals surface area contributed by atoms with Crippen LogP contribution in [0.25, 0.3) is 11.0 Å². The van der Waals surface area contributed by atoms with E-state index in [0.29, 0.717) is 0 Å². The van der Waals surface area contributed by atoms with Gasteiger partial charge in [-0.25, -0.2) is 9.55 Å². The third-order valence-corrected chi connectivity index (χ3v) is 2.07. The van der Waals surface area contributed by atoms with Crippen LogP contribution in [0.1, 0.15) is 10.5 Å². The van der Waals surface area contributed by atoms with Gasteiger partial charge < -0.3 is 5.73 Å². The van der Waals surface area contributed by atoms with E-state index in [2.05, 4.69) is 4.98 Å². The minimum atomic E-state index is -4.72. The number of carbonyl (C=O) groups is 1. The van der Waals surface area contributed by atoms with Crippen molar-refractivity contribution in [3.8, 4) is 0 Å². The largest absolute Gasteiger partial charge is 0.490 e. The number of hydrogen-bond donors (Lipinski definition) is 1. The molecular formula is C9H6F3N3O. The summed E-state index contributed by atoms with van der Waals surface area (Å²) in [4.78, 5) is 14.5. The number of carbonyl (C=O) groups excluding carboxylic acids is 1. The van der Waals surface area contributed by atoms with Crippen molar-refractivity contribution in [3.05, 3.63) is 30.1 Å². The lowest BCUT2D eigenvalue weighted by atomic mass is 10.3. The van der Waals surface area contributed by atoms with Crippen LogP contribution in [0.3, 0.4) is 0 Å². The molecule has 2 aromatic rings. The summed E-state index contributed by atoms with van der Waals surface area (Å²) < 4.78 is 37.9. The predicted molar refractivity (Wildman–Crippen MR) is 49.5 cm³/mol. The smallest absolute Gasteiger partial charge is 0.364 e. The SMILES string of the molecule is NC(=O)c1cc2cccnc2n1C(F)(F)F. The number of amides is 1. The zero-order chi connectivity index (χ0) is 11.9. The Hall–Kier alpha value is -2.05. The molecule has 0 bridgehead atoms. The molecule has 0 radical (unpaired) electrons. The van der Waals surface area contributed by atoms with Gasteiger partial charge in [-0.1, -0.05) is 0 Å². The molecule has 1 amide bonds. The number of rotatable bonds is 1. The second-order valence-corrected chi connectivity index (χ2v) is 3.11. The molecule has 2 aromatic heterocycles. The average molecular weight is 229 g/mol. The van der Waals surface area contributed by atoms with Gasteiger partial charge in [0.05, 0.1) is 0 Å². The molecule has 0 saturated carbocycles. The fraction of sp³-hybridized carbons (Fsp3) is 0.111. The standard InChI is InChI=1S/C9H6F3N3O/c10-9(11,12)15-6(7(13)16)4-5-2-1-3-14-8(5)15/h1-4H,(H2,13,16). The molecule has 0 unspecified atom stereocenters. The van der Waals surface area contributed by atoms with Crippen LogP contribution in [0.2, 0.25) is 0 Å². The summed E-state index contributed by atoms with van der Waals surface area (Å²) in [5, 5.41) is 0.216. The molecular weight excluding hydrogens is 223 g/mol. The van der Waals surface area contributed by atoms with Crippen molar-refractivity contribution < 1.29 is 18.0 Å². The molecule has 0 spiro atoms. The number of fused-ring (bicyclic) bond motifs is 1. The minimum Gasteiger partial charge on any atom is -0.364 e. The van der Waals surface area contributed by atoms with Gasteiger partial charge in [0.25, 0.3) is 5.91 Å². The maximum Gasteiger partial charge on any atom is 0.490 e. The Morgan fingerprint density at radius 1 is 1.44 bits per heavy atom. The Kier molecular flexibility index (Phi) is 2.11. The van der Waals surface area contributed by atoms with Crippen LogP contribution in [0.15, 0.2) is 24.4 Å². The molecule has 0 aliphatic carbocycles. The minimum absolute atomic E-state index is 0.120. The van der Waals surface area contributed by atoms with Crippen LogP contribution in [0, 0.1) is 0 Å². The number of nitrogens with two attached hydrogens (primary N) is 1. The van der Waals surface area contributed by atoms with Gasteiger partial charge in [-0.05, 0) is 18.2 Å². The van der Waals surface area contributed by atoms with Crippen LogP contribution in [0.5, 0.6) is 0 Å². The number of primary amides is 1. The third kappa shape index (κ3) is 1.50. The van der Waals surface area contributed by atoms with E-state index in [-0.39, 0.29) is 15.6 Å². The number of halogens is 3. The van der Waals surface area contributed by atoms with E-state index < -0.39 is 17.9 Å². The number of aromatic nitrogens is 2. The zero-order valence-corrected chi connectivity index (χ0v) is 7.82. The van der Waals surface area contributed by atoms with E-state index >= 15 is 0 Å². The predicted octanol–water partition coefficient (Wildman–Crippen LogP) is 1.61. The molecule has 0 atom stereocenters. The van der Waals surface area contributed by atoms with Crippen LogP contribution < -0.4 is 5.73 Å². The molecule has 7 heteroatoms. The van der Waals surface area contributed by atoms with Crippen LogP contribution in [-0.4, -0.2) is 15.5 Å². The normalized spacial score (nSPS) is 11.9. The van der Waals surface area contributed by atoms with E-state index in [1.807, 2.05) is 0 Å². The highest BCUT2D eigenvalue weighted by Gasteiger charge is 2.36. The molecule has 0 fully saturated rings. The molecule has 2 N–H and O–H groups in total. The van der Waals surface area contributed by atoms with Crippen molar-refractivity contribution in [2.24, 2.45) is 5.73 Å². The van der Waals surface area contributed by atoms with Gasteiger partial charge >= 0.3 is 6.30 Å². The van der Waals surface area contributed by atoms with Crippen LogP contribution in [-0.2, 0) is 6.30 Å². The lowest BCUT2D eigenvalue weighted by Crippen LogP contribution is -2.25. The first-order chi connectivity index (χ1) is 7.41. The van der Waals surface area contributed by atoms with E-state index in [4.69, 9.17) is 5.73 Å². The number of nitrogens with zero attached hydrogens (tertiary/aromatic N) is 2. The van der Waals surface area contributed by atoms with E-state index in [9.17, 15) is 18.0 Å². The van der Waals surface area contributed by atoms with Crippen LogP contribution in [0.4, 0.5) is 13.2 Å². The molecule has 16 heavy (non-hydrogen) atoms. The molecule has 2 heterocycles. The highest BCUT2D eigenvalue weighted by molar-refractivity contribution is 5.96. The van der Waals surface area contributed by atoms with E-state index in [1.165, 1.54) is 18.3 Å². The fourth-order valence-electron chi connectivity index (χ4n) is 1.47. The summed E-state index contributed by atoms with van der Waals surface area (Å²) >= 11 is 0. The second kappa shape index (κ2) is 3.22. The lowest BCUT2D eigenvalue weighted by molar-refractivity contribution is -0.201. The lowest BCUT2D eigenvalue weighted by Gasteiger charge is -2.11. The van der Waals surface area contributed by atoms with Crippen molar-refractivity contribution in [1.82, 2.24) is 9.55 Å². The van der Waals surface area contributed by atoms with E-state index in [1.54, 1.807) is 0 Å². The number of pyridine rings is 1. The van der Waals surface area contributed by atoms with Gasteiger partial charge in [0.1, 0.15) is 11.3 Å². The van der Waals surface area contributed by atoms with Crippen molar-refractivity contribution in [1.29, 1.82) is 0 Å². The summed E-state index contributed by atoms with van der Waals surface area (Å²) in [6.45, 7) is 0. The summed E-state index contributed by atoms with van der Waals surface area (Å²) in [6, 6.07) is 3.98. The Labute approximate surface area is 87.5 Å². The first-order valence-electron chi connectivity index (χ1n) is 4.25. The number of hydrogen-bond acceptors (Lipinski definition) is 2. The van der Waals surface area contributed by atoms with Gasteiger partial charge in [0, 0.05) is 11.6 Å². The topological polar surface area (TPSA) is 60.9 Å². The second-order valence-electron chi connectivity index (χ2n) is 3.11. The van der Waals surface area contributed by atoms with Crippen molar-refractivity contribution in [2.45, 2.75) is 6.30 Å². The Bertz CT molecular complexity index is 559. The van der Waals surface area contributed by atoms with Gasteiger partial charge in [-0.2, -0.15) is 0 Å². The molecule has 0 aliphatic rings. The first-order valence-corrected chi connectivity index (χ1v) is 4.25. The summed E-state index contributed by atoms with van der Waals surface area (Å²) in [5.41, 5.74) is 3.93. The van der Waals surface area contributed by atoms with Crippen LogP contribution >= 0.6 is 0 Å². The maximum absolute atomic E-state index is 12.7. The number of alkyl halides is 3. The molecule has 2 rings (SSSR count). The summed E-state index contributed by atoms with van der Waals surface area (Å²) in [5.74, 6) is -1.14. The molecule has 0 aliphatic heterocycles.